The van der Waals surface area contributed by atoms with Crippen molar-refractivity contribution in [2.24, 2.45) is 0 Å². The average molecular weight is 406 g/mol. The molecule has 0 fully saturated rings. The minimum absolute atomic E-state index is 0.0309. The fourth-order valence-corrected chi connectivity index (χ4v) is 3.81. The van der Waals surface area contributed by atoms with Gasteiger partial charge in [-0.15, -0.1) is 11.8 Å². The van der Waals surface area contributed by atoms with Crippen molar-refractivity contribution in [2.45, 2.75) is 4.90 Å². The zero-order chi connectivity index (χ0) is 20.4. The van der Waals surface area contributed by atoms with Crippen molar-refractivity contribution in [1.82, 2.24) is 4.90 Å². The van der Waals surface area contributed by atoms with Gasteiger partial charge in [0, 0.05) is 10.6 Å². The van der Waals surface area contributed by atoms with Gasteiger partial charge < -0.3 is 5.32 Å². The number of rotatable bonds is 5. The van der Waals surface area contributed by atoms with E-state index in [1.807, 2.05) is 0 Å². The Bertz CT molecular complexity index is 1080. The summed E-state index contributed by atoms with van der Waals surface area (Å²) in [7, 11) is 0. The fourth-order valence-electron chi connectivity index (χ4n) is 2.97. The van der Waals surface area contributed by atoms with Crippen LogP contribution in [0.1, 0.15) is 31.1 Å². The number of hydrogen-bond acceptors (Lipinski definition) is 4. The molecule has 1 aliphatic heterocycles. The SMILES string of the molecule is O=C(Nc1ccc(SCN2C(=O)c3ccccc3C2=O)cc1)c1ccccc1F. The van der Waals surface area contributed by atoms with Crippen LogP contribution in [0.15, 0.2) is 77.7 Å². The molecular weight excluding hydrogens is 391 g/mol. The highest BCUT2D eigenvalue weighted by Gasteiger charge is 2.34. The van der Waals surface area contributed by atoms with Crippen molar-refractivity contribution < 1.29 is 18.8 Å². The van der Waals surface area contributed by atoms with Crippen molar-refractivity contribution in [3.05, 3.63) is 95.3 Å². The van der Waals surface area contributed by atoms with E-state index in [0.717, 1.165) is 4.90 Å². The quantitative estimate of drug-likeness (QED) is 0.503. The summed E-state index contributed by atoms with van der Waals surface area (Å²) in [6.45, 7) is 0. The van der Waals surface area contributed by atoms with Gasteiger partial charge >= 0.3 is 0 Å². The van der Waals surface area contributed by atoms with E-state index in [1.165, 1.54) is 34.9 Å². The molecule has 0 aromatic heterocycles. The highest BCUT2D eigenvalue weighted by Crippen LogP contribution is 2.27. The molecule has 144 valence electrons. The van der Waals surface area contributed by atoms with Gasteiger partial charge in [-0.1, -0.05) is 24.3 Å². The largest absolute Gasteiger partial charge is 0.322 e. The predicted molar refractivity (Wildman–Crippen MR) is 108 cm³/mol. The van der Waals surface area contributed by atoms with Gasteiger partial charge in [0.1, 0.15) is 5.82 Å². The molecule has 1 heterocycles. The number of benzene rings is 3. The van der Waals surface area contributed by atoms with Gasteiger partial charge in [0.2, 0.25) is 0 Å². The summed E-state index contributed by atoms with van der Waals surface area (Å²) in [5.74, 6) is -1.53. The second kappa shape index (κ2) is 7.89. The smallest absolute Gasteiger partial charge is 0.262 e. The van der Waals surface area contributed by atoms with Crippen molar-refractivity contribution in [2.75, 3.05) is 11.2 Å². The van der Waals surface area contributed by atoms with Gasteiger partial charge in [-0.3, -0.25) is 19.3 Å². The maximum absolute atomic E-state index is 13.7. The molecule has 4 rings (SSSR count). The third kappa shape index (κ3) is 3.77. The molecule has 0 aliphatic carbocycles. The normalized spacial score (nSPS) is 12.8. The van der Waals surface area contributed by atoms with E-state index in [2.05, 4.69) is 5.32 Å². The molecule has 3 aromatic rings. The van der Waals surface area contributed by atoms with Crippen LogP contribution in [-0.4, -0.2) is 28.5 Å². The van der Waals surface area contributed by atoms with Crippen molar-refractivity contribution in [3.8, 4) is 0 Å². The zero-order valence-electron chi connectivity index (χ0n) is 15.1. The molecular formula is C22H15FN2O3S. The lowest BCUT2D eigenvalue weighted by atomic mass is 10.1. The summed E-state index contributed by atoms with van der Waals surface area (Å²) < 4.78 is 13.7. The van der Waals surface area contributed by atoms with Gasteiger partial charge in [0.25, 0.3) is 17.7 Å². The molecule has 1 aliphatic rings. The molecule has 0 radical (unpaired) electrons. The van der Waals surface area contributed by atoms with Crippen LogP contribution < -0.4 is 5.32 Å². The summed E-state index contributed by atoms with van der Waals surface area (Å²) >= 11 is 1.33. The van der Waals surface area contributed by atoms with Crippen molar-refractivity contribution >= 4 is 35.2 Å². The molecule has 29 heavy (non-hydrogen) atoms. The lowest BCUT2D eigenvalue weighted by Crippen LogP contribution is -2.29. The van der Waals surface area contributed by atoms with Gasteiger partial charge in [-0.05, 0) is 48.5 Å². The van der Waals surface area contributed by atoms with E-state index in [9.17, 15) is 18.8 Å². The number of anilines is 1. The molecule has 0 spiro atoms. The Balaban J connectivity index is 1.38. The van der Waals surface area contributed by atoms with Crippen LogP contribution in [0.4, 0.5) is 10.1 Å². The summed E-state index contributed by atoms with van der Waals surface area (Å²) in [4.78, 5) is 39.0. The molecule has 0 saturated heterocycles. The highest BCUT2D eigenvalue weighted by atomic mass is 32.2. The lowest BCUT2D eigenvalue weighted by molar-refractivity contribution is 0.0683. The number of fused-ring (bicyclic) bond motifs is 1. The monoisotopic (exact) mass is 406 g/mol. The first-order valence-electron chi connectivity index (χ1n) is 8.78. The number of thioether (sulfide) groups is 1. The van der Waals surface area contributed by atoms with Crippen LogP contribution in [0.2, 0.25) is 0 Å². The third-order valence-corrected chi connectivity index (χ3v) is 5.46. The number of hydrogen-bond donors (Lipinski definition) is 1. The molecule has 3 amide bonds. The first-order valence-corrected chi connectivity index (χ1v) is 9.77. The minimum Gasteiger partial charge on any atom is -0.322 e. The predicted octanol–water partition coefficient (Wildman–Crippen LogP) is 4.42. The number of carbonyl (C=O) groups is 3. The molecule has 1 N–H and O–H groups in total. The van der Waals surface area contributed by atoms with E-state index >= 15 is 0 Å². The van der Waals surface area contributed by atoms with Gasteiger partial charge in [-0.2, -0.15) is 0 Å². The van der Waals surface area contributed by atoms with Gasteiger partial charge in [-0.25, -0.2) is 4.39 Å². The standard InChI is InChI=1S/C22H15FN2O3S/c23-19-8-4-3-7-18(19)20(26)24-14-9-11-15(12-10-14)29-13-25-21(27)16-5-1-2-6-17(16)22(25)28/h1-12H,13H2,(H,24,26). The number of imide groups is 1. The van der Waals surface area contributed by atoms with Crippen LogP contribution in [0.3, 0.4) is 0 Å². The summed E-state index contributed by atoms with van der Waals surface area (Å²) in [5.41, 5.74) is 1.33. The second-order valence-corrected chi connectivity index (χ2v) is 7.33. The van der Waals surface area contributed by atoms with Crippen molar-refractivity contribution in [1.29, 1.82) is 0 Å². The molecule has 0 unspecified atom stereocenters. The Kier molecular flexibility index (Phi) is 5.14. The first kappa shape index (κ1) is 18.9. The Morgan fingerprint density at radius 1 is 0.862 bits per heavy atom. The van der Waals surface area contributed by atoms with Crippen molar-refractivity contribution in [3.63, 3.8) is 0 Å². The summed E-state index contributed by atoms with van der Waals surface area (Å²) in [6, 6.07) is 19.4. The zero-order valence-corrected chi connectivity index (χ0v) is 15.9. The van der Waals surface area contributed by atoms with Crippen LogP contribution in [0.25, 0.3) is 0 Å². The Labute approximate surface area is 170 Å². The van der Waals surface area contributed by atoms with Crippen LogP contribution in [-0.2, 0) is 0 Å². The molecule has 7 heteroatoms. The van der Waals surface area contributed by atoms with Crippen LogP contribution >= 0.6 is 11.8 Å². The Morgan fingerprint density at radius 2 is 1.45 bits per heavy atom. The third-order valence-electron chi connectivity index (χ3n) is 4.47. The van der Waals surface area contributed by atoms with Gasteiger partial charge in [0.15, 0.2) is 0 Å². The molecule has 0 saturated carbocycles. The topological polar surface area (TPSA) is 66.5 Å². The minimum atomic E-state index is -0.585. The van der Waals surface area contributed by atoms with E-state index in [4.69, 9.17) is 0 Å². The van der Waals surface area contributed by atoms with E-state index in [1.54, 1.807) is 54.6 Å². The molecule has 0 bridgehead atoms. The van der Waals surface area contributed by atoms with Gasteiger partial charge in [0.05, 0.1) is 22.6 Å². The lowest BCUT2D eigenvalue weighted by Gasteiger charge is -2.13. The Hall–Kier alpha value is -3.45. The molecule has 5 nitrogen and oxygen atoms in total. The van der Waals surface area contributed by atoms with Crippen LogP contribution in [0, 0.1) is 5.82 Å². The first-order chi connectivity index (χ1) is 14.0. The van der Waals surface area contributed by atoms with E-state index < -0.39 is 11.7 Å². The summed E-state index contributed by atoms with van der Waals surface area (Å²) in [6.07, 6.45) is 0. The second-order valence-electron chi connectivity index (χ2n) is 6.32. The number of halogens is 1. The summed E-state index contributed by atoms with van der Waals surface area (Å²) in [5, 5.41) is 2.64. The van der Waals surface area contributed by atoms with E-state index in [0.29, 0.717) is 16.8 Å². The number of amides is 3. The number of nitrogens with zero attached hydrogens (tertiary/aromatic N) is 1. The number of nitrogens with one attached hydrogen (secondary N) is 1. The van der Waals surface area contributed by atoms with Crippen LogP contribution in [0.5, 0.6) is 0 Å². The molecule has 0 atom stereocenters. The Morgan fingerprint density at radius 3 is 2.07 bits per heavy atom. The molecule has 3 aromatic carbocycles. The number of carbonyl (C=O) groups excluding carboxylic acids is 3. The maximum Gasteiger partial charge on any atom is 0.262 e. The highest BCUT2D eigenvalue weighted by molar-refractivity contribution is 7.99. The average Bonchev–Trinajstić information content (AvgIpc) is 2.98. The van der Waals surface area contributed by atoms with E-state index in [-0.39, 0.29) is 23.3 Å². The maximum atomic E-state index is 13.7. The fraction of sp³-hybridized carbons (Fsp3) is 0.0455.